The van der Waals surface area contributed by atoms with Crippen molar-refractivity contribution in [2.24, 2.45) is 5.92 Å². The van der Waals surface area contributed by atoms with Gasteiger partial charge in [-0.1, -0.05) is 31.4 Å². The molecule has 0 radical (unpaired) electrons. The zero-order chi connectivity index (χ0) is 30.4. The van der Waals surface area contributed by atoms with Crippen molar-refractivity contribution < 1.29 is 36.5 Å². The second kappa shape index (κ2) is 13.6. The van der Waals surface area contributed by atoms with Gasteiger partial charge < -0.3 is 19.7 Å². The summed E-state index contributed by atoms with van der Waals surface area (Å²) in [6.45, 7) is 0.0985. The van der Waals surface area contributed by atoms with Crippen molar-refractivity contribution in [3.05, 3.63) is 77.0 Å². The molecule has 0 saturated heterocycles. The van der Waals surface area contributed by atoms with Gasteiger partial charge in [-0.3, -0.25) is 13.8 Å². The Morgan fingerprint density at radius 2 is 1.71 bits per heavy atom. The maximum Gasteiger partial charge on any atom is 0.416 e. The smallest absolute Gasteiger partial charge is 0.416 e. The summed E-state index contributed by atoms with van der Waals surface area (Å²) >= 11 is 0. The van der Waals surface area contributed by atoms with E-state index in [0.717, 1.165) is 55.5 Å². The molecule has 2 unspecified atom stereocenters. The van der Waals surface area contributed by atoms with E-state index in [1.54, 1.807) is 37.6 Å². The Morgan fingerprint density at radius 3 is 2.29 bits per heavy atom. The minimum Gasteiger partial charge on any atom is -0.481 e. The second-order valence-corrected chi connectivity index (χ2v) is 12.2. The number of carbonyl (C=O) groups excluding carboxylic acids is 1. The molecule has 42 heavy (non-hydrogen) atoms. The van der Waals surface area contributed by atoms with Gasteiger partial charge in [0.25, 0.3) is 5.91 Å². The number of aliphatic carboxylic acids is 1. The lowest BCUT2D eigenvalue weighted by Crippen LogP contribution is -2.29. The Labute approximate surface area is 245 Å². The van der Waals surface area contributed by atoms with E-state index in [4.69, 9.17) is 9.52 Å². The van der Waals surface area contributed by atoms with Crippen molar-refractivity contribution in [3.8, 4) is 11.3 Å². The summed E-state index contributed by atoms with van der Waals surface area (Å²) in [6.07, 6.45) is 2.21. The van der Waals surface area contributed by atoms with Crippen molar-refractivity contribution in [2.45, 2.75) is 56.5 Å². The number of hydrogen-bond donors (Lipinski definition) is 2. The molecule has 226 valence electrons. The normalized spacial score (nSPS) is 15.6. The van der Waals surface area contributed by atoms with Gasteiger partial charge in [-0.05, 0) is 61.2 Å². The van der Waals surface area contributed by atoms with Crippen LogP contribution in [0.5, 0.6) is 0 Å². The van der Waals surface area contributed by atoms with E-state index in [1.807, 2.05) is 6.07 Å². The van der Waals surface area contributed by atoms with Crippen LogP contribution in [-0.4, -0.2) is 45.9 Å². The maximum absolute atomic E-state index is 13.1. The summed E-state index contributed by atoms with van der Waals surface area (Å²) in [6, 6.07) is 13.4. The molecule has 2 N–H and O–H groups in total. The van der Waals surface area contributed by atoms with E-state index in [2.05, 4.69) is 5.32 Å². The summed E-state index contributed by atoms with van der Waals surface area (Å²) in [5, 5.41) is 12.5. The highest BCUT2D eigenvalue weighted by Crippen LogP contribution is 2.41. The first-order valence-electron chi connectivity index (χ1n) is 13.9. The molecule has 0 spiro atoms. The first-order chi connectivity index (χ1) is 19.9. The molecular formula is C31H35F3N2O5S. The van der Waals surface area contributed by atoms with Crippen LogP contribution in [0.15, 0.2) is 59.0 Å². The molecule has 2 atom stereocenters. The standard InChI is InChI=1S/C31H35F3N2O5S/c1-36(17-16-28(37)38)30(39)22-10-14-24(15-11-22)35-29(21-6-4-3-5-7-21)25-18-26(41-27(25)19-42(2)40)20-8-12-23(13-9-20)31(32,33)34/h8-15,18,21,29,35H,3-7,16-17,19H2,1-2H3,(H,37,38). The first kappa shape index (κ1) is 31.3. The first-order valence-corrected chi connectivity index (χ1v) is 15.6. The van der Waals surface area contributed by atoms with Gasteiger partial charge >= 0.3 is 12.1 Å². The molecule has 1 heterocycles. The van der Waals surface area contributed by atoms with E-state index in [-0.39, 0.29) is 36.6 Å². The van der Waals surface area contributed by atoms with Crippen LogP contribution in [0.1, 0.15) is 71.8 Å². The van der Waals surface area contributed by atoms with Crippen LogP contribution < -0.4 is 5.32 Å². The lowest BCUT2D eigenvalue weighted by atomic mass is 9.81. The van der Waals surface area contributed by atoms with Crippen molar-refractivity contribution in [1.29, 1.82) is 0 Å². The number of furan rings is 1. The highest BCUT2D eigenvalue weighted by atomic mass is 32.2. The van der Waals surface area contributed by atoms with Crippen LogP contribution in [0.2, 0.25) is 0 Å². The molecule has 0 aliphatic heterocycles. The number of hydrogen-bond acceptors (Lipinski definition) is 5. The van der Waals surface area contributed by atoms with Gasteiger partial charge in [-0.15, -0.1) is 0 Å². The summed E-state index contributed by atoms with van der Waals surface area (Å²) in [4.78, 5) is 25.0. The topological polar surface area (TPSA) is 99.8 Å². The Hall–Kier alpha value is -3.60. The Bertz CT molecular complexity index is 1400. The Balaban J connectivity index is 1.64. The number of halogens is 3. The van der Waals surface area contributed by atoms with Crippen molar-refractivity contribution in [3.63, 3.8) is 0 Å². The van der Waals surface area contributed by atoms with E-state index < -0.39 is 28.5 Å². The lowest BCUT2D eigenvalue weighted by molar-refractivity contribution is -0.138. The zero-order valence-corrected chi connectivity index (χ0v) is 24.4. The van der Waals surface area contributed by atoms with Gasteiger partial charge in [-0.2, -0.15) is 13.2 Å². The third-order valence-electron chi connectivity index (χ3n) is 7.59. The molecule has 1 aromatic heterocycles. The Kier molecular flexibility index (Phi) is 10.1. The average Bonchev–Trinajstić information content (AvgIpc) is 3.37. The number of nitrogens with one attached hydrogen (secondary N) is 1. The zero-order valence-electron chi connectivity index (χ0n) is 23.6. The number of rotatable bonds is 11. The quantitative estimate of drug-likeness (QED) is 0.242. The number of carbonyl (C=O) groups is 2. The van der Waals surface area contributed by atoms with E-state index in [9.17, 15) is 27.0 Å². The fraction of sp³-hybridized carbons (Fsp3) is 0.419. The largest absolute Gasteiger partial charge is 0.481 e. The molecule has 1 aliphatic carbocycles. The highest BCUT2D eigenvalue weighted by molar-refractivity contribution is 7.83. The van der Waals surface area contributed by atoms with Crippen LogP contribution in [-0.2, 0) is 27.5 Å². The molecular weight excluding hydrogens is 569 g/mol. The van der Waals surface area contributed by atoms with Gasteiger partial charge in [0, 0.05) is 53.0 Å². The van der Waals surface area contributed by atoms with Crippen LogP contribution in [0.25, 0.3) is 11.3 Å². The summed E-state index contributed by atoms with van der Waals surface area (Å²) < 4.78 is 57.8. The summed E-state index contributed by atoms with van der Waals surface area (Å²) in [5.74, 6) is 0.0826. The number of amides is 1. The van der Waals surface area contributed by atoms with Crippen LogP contribution in [0, 0.1) is 5.92 Å². The van der Waals surface area contributed by atoms with Gasteiger partial charge in [-0.25, -0.2) is 0 Å². The average molecular weight is 605 g/mol. The van der Waals surface area contributed by atoms with E-state index in [0.29, 0.717) is 22.6 Å². The molecule has 0 bridgehead atoms. The minimum absolute atomic E-state index is 0.0985. The molecule has 3 aromatic rings. The number of nitrogens with zero attached hydrogens (tertiary/aromatic N) is 1. The van der Waals surface area contributed by atoms with Crippen molar-refractivity contribution in [2.75, 3.05) is 25.2 Å². The molecule has 11 heteroatoms. The molecule has 1 amide bonds. The highest BCUT2D eigenvalue weighted by Gasteiger charge is 2.32. The molecule has 1 fully saturated rings. The fourth-order valence-corrected chi connectivity index (χ4v) is 5.95. The van der Waals surface area contributed by atoms with Crippen LogP contribution in [0.4, 0.5) is 18.9 Å². The van der Waals surface area contributed by atoms with Crippen molar-refractivity contribution >= 4 is 28.4 Å². The van der Waals surface area contributed by atoms with Gasteiger partial charge in [0.05, 0.1) is 23.8 Å². The Morgan fingerprint density at radius 1 is 1.07 bits per heavy atom. The number of carboxylic acids is 1. The molecule has 7 nitrogen and oxygen atoms in total. The maximum atomic E-state index is 13.1. The van der Waals surface area contributed by atoms with Crippen LogP contribution >= 0.6 is 0 Å². The van der Waals surface area contributed by atoms with Crippen molar-refractivity contribution in [1.82, 2.24) is 4.90 Å². The second-order valence-electron chi connectivity index (χ2n) is 10.7. The number of benzene rings is 2. The molecule has 4 rings (SSSR count). The monoisotopic (exact) mass is 604 g/mol. The van der Waals surface area contributed by atoms with Gasteiger partial charge in [0.2, 0.25) is 0 Å². The number of alkyl halides is 3. The third-order valence-corrected chi connectivity index (χ3v) is 8.26. The molecule has 1 aliphatic rings. The predicted octanol–water partition coefficient (Wildman–Crippen LogP) is 7.12. The lowest BCUT2D eigenvalue weighted by Gasteiger charge is -2.32. The molecule has 2 aromatic carbocycles. The SMILES string of the molecule is CN(CCC(=O)O)C(=O)c1ccc(NC(c2cc(-c3ccc(C(F)(F)F)cc3)oc2CS(C)=O)C2CCCCC2)cc1. The fourth-order valence-electron chi connectivity index (χ4n) is 5.36. The van der Waals surface area contributed by atoms with E-state index in [1.165, 1.54) is 17.0 Å². The van der Waals surface area contributed by atoms with Gasteiger partial charge in [0.1, 0.15) is 11.5 Å². The number of carboxylic acid groups (broad SMARTS) is 1. The minimum atomic E-state index is -4.44. The van der Waals surface area contributed by atoms with Gasteiger partial charge in [0.15, 0.2) is 0 Å². The third kappa shape index (κ3) is 8.02. The summed E-state index contributed by atoms with van der Waals surface area (Å²) in [7, 11) is 0.338. The molecule has 1 saturated carbocycles. The van der Waals surface area contributed by atoms with E-state index >= 15 is 0 Å². The summed E-state index contributed by atoms with van der Waals surface area (Å²) in [5.41, 5.74) is 1.76. The predicted molar refractivity (Wildman–Crippen MR) is 156 cm³/mol. The van der Waals surface area contributed by atoms with Crippen LogP contribution in [0.3, 0.4) is 0 Å². The number of anilines is 1.